The number of nitrogens with zero attached hydrogens (tertiary/aromatic N) is 1. The molecule has 1 aliphatic rings. The van der Waals surface area contributed by atoms with Crippen LogP contribution in [0.3, 0.4) is 0 Å². The molecule has 0 atom stereocenters. The molecule has 0 saturated heterocycles. The van der Waals surface area contributed by atoms with Crippen LogP contribution < -0.4 is 0 Å². The predicted molar refractivity (Wildman–Crippen MR) is 61.5 cm³/mol. The number of aryl methyl sites for hydroxylation is 1. The zero-order valence-electron chi connectivity index (χ0n) is 9.62. The molecule has 0 N–H and O–H groups in total. The van der Waals surface area contributed by atoms with E-state index in [0.29, 0.717) is 6.54 Å². The number of rotatable bonds is 2. The minimum absolute atomic E-state index is 0.0137. The average Bonchev–Trinajstić information content (AvgIpc) is 2.22. The maximum Gasteiger partial charge on any atom is 0.254 e. The number of ketones is 1. The maximum atomic E-state index is 12.1. The largest absolute Gasteiger partial charge is 0.331 e. The average molecular weight is 217 g/mol. The number of hydrogen-bond acceptors (Lipinski definition) is 2. The number of benzene rings is 1. The zero-order chi connectivity index (χ0) is 11.7. The summed E-state index contributed by atoms with van der Waals surface area (Å²) in [5, 5.41) is 0. The number of Topliss-reactive ketones (excluding diaryl/α,β-unsaturated/α-hetero) is 1. The van der Waals surface area contributed by atoms with Crippen molar-refractivity contribution in [2.75, 3.05) is 13.1 Å². The molecule has 0 spiro atoms. The van der Waals surface area contributed by atoms with E-state index in [1.807, 2.05) is 25.1 Å². The summed E-state index contributed by atoms with van der Waals surface area (Å²) in [6.07, 6.45) is 0.842. The van der Waals surface area contributed by atoms with Crippen molar-refractivity contribution in [1.29, 1.82) is 0 Å². The molecule has 16 heavy (non-hydrogen) atoms. The second-order valence-electron chi connectivity index (χ2n) is 4.34. The first kappa shape index (κ1) is 10.9. The maximum absolute atomic E-state index is 12.1. The van der Waals surface area contributed by atoms with Gasteiger partial charge >= 0.3 is 0 Å². The highest BCUT2D eigenvalue weighted by molar-refractivity contribution is 5.98. The van der Waals surface area contributed by atoms with Crippen LogP contribution in [-0.2, 0) is 11.2 Å². The number of fused-ring (bicyclic) bond motifs is 1. The molecule has 3 heteroatoms. The lowest BCUT2D eigenvalue weighted by molar-refractivity contribution is -0.117. The van der Waals surface area contributed by atoms with E-state index in [0.717, 1.165) is 23.1 Å². The summed E-state index contributed by atoms with van der Waals surface area (Å²) in [4.78, 5) is 24.7. The molecule has 1 heterocycles. The molecule has 84 valence electrons. The molecule has 1 aliphatic heterocycles. The lowest BCUT2D eigenvalue weighted by Gasteiger charge is -2.27. The Hall–Kier alpha value is -1.64. The molecule has 0 aliphatic carbocycles. The Bertz CT molecular complexity index is 451. The summed E-state index contributed by atoms with van der Waals surface area (Å²) in [7, 11) is 0. The number of hydrogen-bond donors (Lipinski definition) is 0. The van der Waals surface area contributed by atoms with E-state index in [1.54, 1.807) is 4.90 Å². The second kappa shape index (κ2) is 4.08. The fraction of sp³-hybridized carbons (Fsp3) is 0.385. The van der Waals surface area contributed by atoms with Crippen LogP contribution in [0.4, 0.5) is 0 Å². The van der Waals surface area contributed by atoms with Crippen molar-refractivity contribution in [2.24, 2.45) is 0 Å². The van der Waals surface area contributed by atoms with Crippen LogP contribution in [0.15, 0.2) is 18.2 Å². The van der Waals surface area contributed by atoms with Gasteiger partial charge in [0.05, 0.1) is 6.54 Å². The second-order valence-corrected chi connectivity index (χ2v) is 4.34. The zero-order valence-corrected chi connectivity index (χ0v) is 9.62. The van der Waals surface area contributed by atoms with Crippen molar-refractivity contribution in [1.82, 2.24) is 4.90 Å². The van der Waals surface area contributed by atoms with Crippen molar-refractivity contribution < 1.29 is 9.59 Å². The Labute approximate surface area is 95.1 Å². The summed E-state index contributed by atoms with van der Waals surface area (Å²) < 4.78 is 0. The van der Waals surface area contributed by atoms with Crippen LogP contribution in [-0.4, -0.2) is 29.7 Å². The van der Waals surface area contributed by atoms with Gasteiger partial charge < -0.3 is 4.90 Å². The molecule has 1 aromatic carbocycles. The lowest BCUT2D eigenvalue weighted by Crippen LogP contribution is -2.40. The van der Waals surface area contributed by atoms with Gasteiger partial charge in [0.2, 0.25) is 0 Å². The predicted octanol–water partition coefficient (Wildman–Crippen LogP) is 1.58. The van der Waals surface area contributed by atoms with Gasteiger partial charge in [-0.15, -0.1) is 0 Å². The number of carbonyl (C=O) groups is 2. The monoisotopic (exact) mass is 217 g/mol. The van der Waals surface area contributed by atoms with Crippen molar-refractivity contribution >= 4 is 11.7 Å². The standard InChI is InChI=1S/C13H15NO2/c1-9-3-4-11-5-6-14(8-10(2)15)13(16)12(11)7-9/h3-4,7H,5-6,8H2,1-2H3. The molecule has 0 unspecified atom stereocenters. The van der Waals surface area contributed by atoms with Crippen LogP contribution in [0.2, 0.25) is 0 Å². The highest BCUT2D eigenvalue weighted by Gasteiger charge is 2.24. The topological polar surface area (TPSA) is 37.4 Å². The molecule has 1 amide bonds. The summed E-state index contributed by atoms with van der Waals surface area (Å²) in [6, 6.07) is 5.93. The van der Waals surface area contributed by atoms with Crippen LogP contribution in [0, 0.1) is 6.92 Å². The van der Waals surface area contributed by atoms with E-state index in [-0.39, 0.29) is 18.2 Å². The highest BCUT2D eigenvalue weighted by Crippen LogP contribution is 2.19. The molecule has 0 saturated carbocycles. The van der Waals surface area contributed by atoms with Crippen LogP contribution >= 0.6 is 0 Å². The van der Waals surface area contributed by atoms with Gasteiger partial charge in [0.15, 0.2) is 0 Å². The number of carbonyl (C=O) groups excluding carboxylic acids is 2. The first-order chi connectivity index (χ1) is 7.58. The van der Waals surface area contributed by atoms with Gasteiger partial charge in [0.25, 0.3) is 5.91 Å². The minimum Gasteiger partial charge on any atom is -0.331 e. The summed E-state index contributed by atoms with van der Waals surface area (Å²) in [5.74, 6) is 0.0182. The quantitative estimate of drug-likeness (QED) is 0.754. The Morgan fingerprint density at radius 3 is 2.88 bits per heavy atom. The normalized spacial score (nSPS) is 14.9. The molecular formula is C13H15NO2. The first-order valence-corrected chi connectivity index (χ1v) is 5.46. The van der Waals surface area contributed by atoms with E-state index in [1.165, 1.54) is 6.92 Å². The molecule has 1 aromatic rings. The van der Waals surface area contributed by atoms with Gasteiger partial charge in [-0.2, -0.15) is 0 Å². The van der Waals surface area contributed by atoms with E-state index in [4.69, 9.17) is 0 Å². The molecule has 0 fully saturated rings. The van der Waals surface area contributed by atoms with Crippen LogP contribution in [0.25, 0.3) is 0 Å². The van der Waals surface area contributed by atoms with E-state index in [9.17, 15) is 9.59 Å². The Morgan fingerprint density at radius 1 is 1.44 bits per heavy atom. The number of amides is 1. The van der Waals surface area contributed by atoms with Gasteiger partial charge in [-0.1, -0.05) is 17.7 Å². The lowest BCUT2D eigenvalue weighted by atomic mass is 9.97. The third-order valence-electron chi connectivity index (χ3n) is 2.85. The molecule has 0 radical (unpaired) electrons. The van der Waals surface area contributed by atoms with Crippen molar-refractivity contribution in [3.05, 3.63) is 34.9 Å². The van der Waals surface area contributed by atoms with E-state index >= 15 is 0 Å². The highest BCUT2D eigenvalue weighted by atomic mass is 16.2. The molecule has 0 bridgehead atoms. The van der Waals surface area contributed by atoms with E-state index in [2.05, 4.69) is 0 Å². The SMILES string of the molecule is CC(=O)CN1CCc2ccc(C)cc2C1=O. The molecule has 3 nitrogen and oxygen atoms in total. The molecule has 0 aromatic heterocycles. The van der Waals surface area contributed by atoms with Crippen LogP contribution in [0.1, 0.15) is 28.4 Å². The van der Waals surface area contributed by atoms with Gasteiger partial charge in [0, 0.05) is 12.1 Å². The van der Waals surface area contributed by atoms with Crippen molar-refractivity contribution in [3.8, 4) is 0 Å². The Morgan fingerprint density at radius 2 is 2.19 bits per heavy atom. The smallest absolute Gasteiger partial charge is 0.254 e. The third kappa shape index (κ3) is 1.98. The minimum atomic E-state index is -0.0137. The van der Waals surface area contributed by atoms with Crippen molar-refractivity contribution in [3.63, 3.8) is 0 Å². The van der Waals surface area contributed by atoms with Gasteiger partial charge in [-0.3, -0.25) is 9.59 Å². The Balaban J connectivity index is 2.30. The van der Waals surface area contributed by atoms with Crippen molar-refractivity contribution in [2.45, 2.75) is 20.3 Å². The fourth-order valence-corrected chi connectivity index (χ4v) is 2.05. The Kier molecular flexibility index (Phi) is 2.77. The van der Waals surface area contributed by atoms with Crippen LogP contribution in [0.5, 0.6) is 0 Å². The van der Waals surface area contributed by atoms with Gasteiger partial charge in [0.1, 0.15) is 5.78 Å². The fourth-order valence-electron chi connectivity index (χ4n) is 2.05. The summed E-state index contributed by atoms with van der Waals surface area (Å²) in [5.41, 5.74) is 2.93. The summed E-state index contributed by atoms with van der Waals surface area (Å²) in [6.45, 7) is 4.36. The van der Waals surface area contributed by atoms with E-state index < -0.39 is 0 Å². The van der Waals surface area contributed by atoms with Gasteiger partial charge in [-0.05, 0) is 31.9 Å². The van der Waals surface area contributed by atoms with Gasteiger partial charge in [-0.25, -0.2) is 0 Å². The molecule has 2 rings (SSSR count). The molecular weight excluding hydrogens is 202 g/mol. The third-order valence-corrected chi connectivity index (χ3v) is 2.85. The summed E-state index contributed by atoms with van der Waals surface area (Å²) >= 11 is 0. The first-order valence-electron chi connectivity index (χ1n) is 5.46.